The third-order valence-electron chi connectivity index (χ3n) is 5.68. The highest BCUT2D eigenvalue weighted by molar-refractivity contribution is 5.88. The van der Waals surface area contributed by atoms with E-state index in [1.165, 1.54) is 17.4 Å². The molecule has 3 rings (SSSR count). The van der Waals surface area contributed by atoms with Gasteiger partial charge in [-0.15, -0.1) is 0 Å². The van der Waals surface area contributed by atoms with Gasteiger partial charge in [0.1, 0.15) is 6.04 Å². The second kappa shape index (κ2) is 6.20. The van der Waals surface area contributed by atoms with E-state index in [2.05, 4.69) is 26.0 Å². The van der Waals surface area contributed by atoms with Crippen LogP contribution >= 0.6 is 0 Å². The van der Waals surface area contributed by atoms with Crippen LogP contribution in [-0.2, 0) is 15.0 Å². The highest BCUT2D eigenvalue weighted by Gasteiger charge is 2.51. The van der Waals surface area contributed by atoms with Gasteiger partial charge in [0.05, 0.1) is 6.10 Å². The summed E-state index contributed by atoms with van der Waals surface area (Å²) in [7, 11) is 0. The van der Waals surface area contributed by atoms with E-state index in [0.29, 0.717) is 25.4 Å². The molecule has 0 bridgehead atoms. The Labute approximate surface area is 143 Å². The number of rotatable bonds is 3. The van der Waals surface area contributed by atoms with E-state index in [1.807, 2.05) is 23.1 Å². The predicted molar refractivity (Wildman–Crippen MR) is 91.3 cm³/mol. The number of β-amino-alcohol motifs (C(OH)–C–C–N with tert-alkyl or cyclic N) is 1. The smallest absolute Gasteiger partial charge is 0.245 e. The van der Waals surface area contributed by atoms with Crippen molar-refractivity contribution in [1.29, 1.82) is 0 Å². The molecule has 0 radical (unpaired) electrons. The minimum absolute atomic E-state index is 0.0187. The van der Waals surface area contributed by atoms with Crippen molar-refractivity contribution in [2.45, 2.75) is 44.8 Å². The normalized spacial score (nSPS) is 25.7. The molecule has 2 aliphatic heterocycles. The maximum atomic E-state index is 12.9. The van der Waals surface area contributed by atoms with Gasteiger partial charge in [0.2, 0.25) is 11.8 Å². The molecule has 5 heteroatoms. The van der Waals surface area contributed by atoms with Gasteiger partial charge in [-0.25, -0.2) is 0 Å². The molecule has 0 spiro atoms. The van der Waals surface area contributed by atoms with Crippen molar-refractivity contribution in [1.82, 2.24) is 9.80 Å². The third kappa shape index (κ3) is 2.71. The molecule has 5 nitrogen and oxygen atoms in total. The SMILES string of the molecule is CC(=O)N1C[C@@H](O)C[C@@H]1C(=O)N1CC(c2ccccc2)(C(C)C)C1. The fraction of sp³-hybridized carbons (Fsp3) is 0.579. The van der Waals surface area contributed by atoms with Gasteiger partial charge in [-0.2, -0.15) is 0 Å². The maximum absolute atomic E-state index is 12.9. The van der Waals surface area contributed by atoms with E-state index in [1.54, 1.807) is 0 Å². The topological polar surface area (TPSA) is 60.9 Å². The molecule has 1 N–H and O–H groups in total. The molecule has 0 aromatic heterocycles. The molecule has 2 fully saturated rings. The Bertz CT molecular complexity index is 623. The summed E-state index contributed by atoms with van der Waals surface area (Å²) < 4.78 is 0. The molecule has 0 unspecified atom stereocenters. The summed E-state index contributed by atoms with van der Waals surface area (Å²) in [6.07, 6.45) is -0.261. The van der Waals surface area contributed by atoms with Crippen LogP contribution in [0.15, 0.2) is 30.3 Å². The number of carbonyl (C=O) groups excluding carboxylic acids is 2. The lowest BCUT2D eigenvalue weighted by atomic mass is 9.66. The number of hydrogen-bond acceptors (Lipinski definition) is 3. The molecule has 0 aliphatic carbocycles. The second-order valence-electron chi connectivity index (χ2n) is 7.45. The lowest BCUT2D eigenvalue weighted by Gasteiger charge is -2.54. The Hall–Kier alpha value is -1.88. The Kier molecular flexibility index (Phi) is 4.38. The summed E-state index contributed by atoms with van der Waals surface area (Å²) in [5.41, 5.74) is 1.24. The van der Waals surface area contributed by atoms with Gasteiger partial charge in [0.25, 0.3) is 0 Å². The predicted octanol–water partition coefficient (Wildman–Crippen LogP) is 1.40. The number of benzene rings is 1. The molecular formula is C19H26N2O3. The average Bonchev–Trinajstić information content (AvgIpc) is 2.89. The van der Waals surface area contributed by atoms with E-state index in [0.717, 1.165) is 0 Å². The Morgan fingerprint density at radius 3 is 2.38 bits per heavy atom. The monoisotopic (exact) mass is 330 g/mol. The van der Waals surface area contributed by atoms with E-state index in [9.17, 15) is 14.7 Å². The van der Waals surface area contributed by atoms with Crippen molar-refractivity contribution in [3.63, 3.8) is 0 Å². The standard InChI is InChI=1S/C19H26N2O3/c1-13(2)19(15-7-5-4-6-8-15)11-20(12-19)18(24)17-9-16(23)10-21(17)14(3)22/h4-8,13,16-17,23H,9-12H2,1-3H3/t16-,17+/m0/s1. The first-order chi connectivity index (χ1) is 11.3. The molecule has 2 atom stereocenters. The zero-order valence-corrected chi connectivity index (χ0v) is 14.6. The summed E-state index contributed by atoms with van der Waals surface area (Å²) in [6.45, 7) is 7.44. The Morgan fingerprint density at radius 1 is 1.21 bits per heavy atom. The first-order valence-electron chi connectivity index (χ1n) is 8.65. The van der Waals surface area contributed by atoms with Crippen molar-refractivity contribution in [3.05, 3.63) is 35.9 Å². The zero-order chi connectivity index (χ0) is 17.5. The van der Waals surface area contributed by atoms with E-state index >= 15 is 0 Å². The fourth-order valence-corrected chi connectivity index (χ4v) is 4.05. The van der Waals surface area contributed by atoms with Crippen molar-refractivity contribution in [3.8, 4) is 0 Å². The van der Waals surface area contributed by atoms with Crippen molar-refractivity contribution >= 4 is 11.8 Å². The largest absolute Gasteiger partial charge is 0.391 e. The maximum Gasteiger partial charge on any atom is 0.245 e. The van der Waals surface area contributed by atoms with Crippen LogP contribution in [0.4, 0.5) is 0 Å². The van der Waals surface area contributed by atoms with Crippen molar-refractivity contribution in [2.24, 2.45) is 5.92 Å². The van der Waals surface area contributed by atoms with E-state index < -0.39 is 12.1 Å². The minimum Gasteiger partial charge on any atom is -0.391 e. The van der Waals surface area contributed by atoms with Crippen LogP contribution < -0.4 is 0 Å². The number of carbonyl (C=O) groups is 2. The molecule has 2 saturated heterocycles. The highest BCUT2D eigenvalue weighted by atomic mass is 16.3. The summed E-state index contributed by atoms with van der Waals surface area (Å²) in [4.78, 5) is 27.9. The first-order valence-corrected chi connectivity index (χ1v) is 8.65. The first kappa shape index (κ1) is 17.0. The number of hydrogen-bond donors (Lipinski definition) is 1. The van der Waals surface area contributed by atoms with Crippen LogP contribution in [0.3, 0.4) is 0 Å². The highest BCUT2D eigenvalue weighted by Crippen LogP contribution is 2.41. The van der Waals surface area contributed by atoms with Gasteiger partial charge in [-0.3, -0.25) is 9.59 Å². The van der Waals surface area contributed by atoms with Gasteiger partial charge in [0, 0.05) is 38.4 Å². The molecule has 2 amide bonds. The van der Waals surface area contributed by atoms with Gasteiger partial charge in [-0.05, 0) is 11.5 Å². The molecule has 2 aliphatic rings. The lowest BCUT2D eigenvalue weighted by molar-refractivity contribution is -0.149. The van der Waals surface area contributed by atoms with Crippen molar-refractivity contribution < 1.29 is 14.7 Å². The summed E-state index contributed by atoms with van der Waals surface area (Å²) >= 11 is 0. The second-order valence-corrected chi connectivity index (χ2v) is 7.45. The van der Waals surface area contributed by atoms with Gasteiger partial charge >= 0.3 is 0 Å². The van der Waals surface area contributed by atoms with Crippen LogP contribution in [0.1, 0.15) is 32.8 Å². The summed E-state index contributed by atoms with van der Waals surface area (Å²) in [6, 6.07) is 9.82. The number of nitrogens with zero attached hydrogens (tertiary/aromatic N) is 2. The number of aliphatic hydroxyl groups is 1. The Morgan fingerprint density at radius 2 is 1.83 bits per heavy atom. The number of likely N-dealkylation sites (tertiary alicyclic amines) is 2. The molecule has 1 aromatic carbocycles. The summed E-state index contributed by atoms with van der Waals surface area (Å²) in [5.74, 6) is 0.236. The fourth-order valence-electron chi connectivity index (χ4n) is 4.05. The average molecular weight is 330 g/mol. The molecule has 24 heavy (non-hydrogen) atoms. The minimum atomic E-state index is -0.604. The quantitative estimate of drug-likeness (QED) is 0.911. The molecule has 2 heterocycles. The molecule has 1 aromatic rings. The van der Waals surface area contributed by atoms with E-state index in [-0.39, 0.29) is 23.8 Å². The van der Waals surface area contributed by atoms with Gasteiger partial charge < -0.3 is 14.9 Å². The van der Waals surface area contributed by atoms with Crippen LogP contribution in [0.5, 0.6) is 0 Å². The molecular weight excluding hydrogens is 304 g/mol. The summed E-state index contributed by atoms with van der Waals surface area (Å²) in [5, 5.41) is 9.84. The van der Waals surface area contributed by atoms with Gasteiger partial charge in [0.15, 0.2) is 0 Å². The van der Waals surface area contributed by atoms with Gasteiger partial charge in [-0.1, -0.05) is 44.2 Å². The molecule has 130 valence electrons. The van der Waals surface area contributed by atoms with Crippen LogP contribution in [0.2, 0.25) is 0 Å². The Balaban J connectivity index is 1.75. The lowest BCUT2D eigenvalue weighted by Crippen LogP contribution is -2.66. The number of aliphatic hydroxyl groups excluding tert-OH is 1. The third-order valence-corrected chi connectivity index (χ3v) is 5.68. The number of amides is 2. The van der Waals surface area contributed by atoms with Crippen molar-refractivity contribution in [2.75, 3.05) is 19.6 Å². The zero-order valence-electron chi connectivity index (χ0n) is 14.6. The van der Waals surface area contributed by atoms with Crippen LogP contribution in [0, 0.1) is 5.92 Å². The molecule has 0 saturated carbocycles. The van der Waals surface area contributed by atoms with E-state index in [4.69, 9.17) is 0 Å². The van der Waals surface area contributed by atoms with Crippen LogP contribution in [-0.4, -0.2) is 58.5 Å². The van der Waals surface area contributed by atoms with Crippen LogP contribution in [0.25, 0.3) is 0 Å².